The van der Waals surface area contributed by atoms with E-state index < -0.39 is 0 Å². The molecule has 1 atom stereocenters. The number of fused-ring (bicyclic) bond motifs is 3. The van der Waals surface area contributed by atoms with E-state index in [2.05, 4.69) is 28.9 Å². The van der Waals surface area contributed by atoms with Gasteiger partial charge < -0.3 is 10.1 Å². The van der Waals surface area contributed by atoms with Gasteiger partial charge in [0.2, 0.25) is 5.91 Å². The first-order valence-electron chi connectivity index (χ1n) is 11.4. The third-order valence-corrected chi connectivity index (χ3v) is 7.74. The van der Waals surface area contributed by atoms with E-state index in [0.29, 0.717) is 18.2 Å². The van der Waals surface area contributed by atoms with E-state index >= 15 is 0 Å². The highest BCUT2D eigenvalue weighted by Gasteiger charge is 2.28. The smallest absolute Gasteiger partial charge is 0.225 e. The molecule has 2 aromatic rings. The van der Waals surface area contributed by atoms with Gasteiger partial charge in [0.1, 0.15) is 5.75 Å². The number of benzene rings is 1. The zero-order valence-electron chi connectivity index (χ0n) is 18.0. The lowest BCUT2D eigenvalue weighted by atomic mass is 9.87. The summed E-state index contributed by atoms with van der Waals surface area (Å²) < 4.78 is 5.40. The summed E-state index contributed by atoms with van der Waals surface area (Å²) in [5.41, 5.74) is 5.21. The van der Waals surface area contributed by atoms with Crippen molar-refractivity contribution in [1.82, 2.24) is 9.97 Å². The van der Waals surface area contributed by atoms with Crippen LogP contribution in [-0.4, -0.2) is 23.0 Å². The van der Waals surface area contributed by atoms with Crippen molar-refractivity contribution >= 4 is 23.5 Å². The van der Waals surface area contributed by atoms with Crippen LogP contribution < -0.4 is 10.1 Å². The van der Waals surface area contributed by atoms with Crippen LogP contribution in [0.25, 0.3) is 11.3 Å². The summed E-state index contributed by atoms with van der Waals surface area (Å²) in [5, 5.41) is 5.48. The molecule has 0 saturated heterocycles. The Morgan fingerprint density at radius 2 is 2.06 bits per heavy atom. The Morgan fingerprint density at radius 3 is 2.84 bits per heavy atom. The molecule has 1 aromatic carbocycles. The maximum atomic E-state index is 12.9. The van der Waals surface area contributed by atoms with Crippen LogP contribution in [-0.2, 0) is 17.6 Å². The number of methoxy groups -OCH3 is 1. The van der Waals surface area contributed by atoms with Crippen LogP contribution in [0, 0.1) is 5.92 Å². The van der Waals surface area contributed by atoms with Crippen LogP contribution >= 0.6 is 11.8 Å². The molecule has 1 aliphatic heterocycles. The molecule has 2 aliphatic carbocycles. The summed E-state index contributed by atoms with van der Waals surface area (Å²) in [5.74, 6) is 2.13. The molecular weight excluding hydrogens is 406 g/mol. The van der Waals surface area contributed by atoms with Crippen LogP contribution in [0.15, 0.2) is 29.7 Å². The minimum Gasteiger partial charge on any atom is -0.497 e. The molecule has 1 amide bonds. The number of nitrogens with one attached hydrogen (secondary N) is 1. The van der Waals surface area contributed by atoms with Crippen molar-refractivity contribution in [3.63, 3.8) is 0 Å². The second kappa shape index (κ2) is 9.03. The van der Waals surface area contributed by atoms with Crippen molar-refractivity contribution in [2.24, 2.45) is 5.92 Å². The lowest BCUT2D eigenvalue weighted by Gasteiger charge is -2.24. The summed E-state index contributed by atoms with van der Waals surface area (Å²) in [6.45, 7) is 0. The molecule has 0 radical (unpaired) electrons. The SMILES string of the molecule is COc1ccc2c(c1)CCc1nc(NC(=O)CC3CCCCC3)c(C3CC=CS3)nc1-2. The van der Waals surface area contributed by atoms with Crippen LogP contribution in [0.4, 0.5) is 5.82 Å². The number of carbonyl (C=O) groups excluding carboxylic acids is 1. The first-order chi connectivity index (χ1) is 15.2. The summed E-state index contributed by atoms with van der Waals surface area (Å²) >= 11 is 1.76. The van der Waals surface area contributed by atoms with Gasteiger partial charge in [-0.25, -0.2) is 9.97 Å². The lowest BCUT2D eigenvalue weighted by molar-refractivity contribution is -0.117. The average molecular weight is 436 g/mol. The maximum Gasteiger partial charge on any atom is 0.225 e. The number of hydrogen-bond donors (Lipinski definition) is 1. The van der Waals surface area contributed by atoms with Crippen molar-refractivity contribution < 1.29 is 9.53 Å². The van der Waals surface area contributed by atoms with Crippen molar-refractivity contribution in [2.75, 3.05) is 12.4 Å². The molecular formula is C25H29N3O2S. The largest absolute Gasteiger partial charge is 0.497 e. The number of hydrogen-bond acceptors (Lipinski definition) is 5. The molecule has 31 heavy (non-hydrogen) atoms. The number of allylic oxidation sites excluding steroid dienone is 1. The highest BCUT2D eigenvalue weighted by molar-refractivity contribution is 8.02. The predicted octanol–water partition coefficient (Wildman–Crippen LogP) is 5.85. The summed E-state index contributed by atoms with van der Waals surface area (Å²) in [6, 6.07) is 6.18. The number of rotatable bonds is 5. The van der Waals surface area contributed by atoms with Gasteiger partial charge in [0.15, 0.2) is 5.82 Å². The quantitative estimate of drug-likeness (QED) is 0.638. The summed E-state index contributed by atoms with van der Waals surface area (Å²) in [7, 11) is 1.70. The number of aromatic nitrogens is 2. The van der Waals surface area contributed by atoms with Gasteiger partial charge in [-0.1, -0.05) is 25.3 Å². The van der Waals surface area contributed by atoms with E-state index in [9.17, 15) is 4.79 Å². The maximum absolute atomic E-state index is 12.9. The van der Waals surface area contributed by atoms with Gasteiger partial charge >= 0.3 is 0 Å². The van der Waals surface area contributed by atoms with Crippen LogP contribution in [0.1, 0.15) is 67.1 Å². The normalized spacial score (nSPS) is 20.2. The number of anilines is 1. The zero-order chi connectivity index (χ0) is 21.2. The van der Waals surface area contributed by atoms with E-state index in [-0.39, 0.29) is 11.2 Å². The van der Waals surface area contributed by atoms with Crippen molar-refractivity contribution in [1.29, 1.82) is 0 Å². The summed E-state index contributed by atoms with van der Waals surface area (Å²) in [6.07, 6.45) is 11.5. The van der Waals surface area contributed by atoms with Crippen LogP contribution in [0.3, 0.4) is 0 Å². The highest BCUT2D eigenvalue weighted by atomic mass is 32.2. The second-order valence-electron chi connectivity index (χ2n) is 8.76. The zero-order valence-corrected chi connectivity index (χ0v) is 18.8. The fraction of sp³-hybridized carbons (Fsp3) is 0.480. The van der Waals surface area contributed by atoms with Crippen molar-refractivity contribution in [2.45, 2.75) is 63.0 Å². The standard InChI is InChI=1S/C25H29N3O2S/c1-30-18-10-11-19-17(15-18)9-12-20-23(19)28-24(21-8-5-13-31-21)25(26-20)27-22(29)14-16-6-3-2-4-7-16/h5,10-11,13,15-16,21H,2-4,6-9,12,14H2,1H3,(H,26,27,29). The molecule has 5 nitrogen and oxygen atoms in total. The molecule has 1 unspecified atom stereocenters. The number of aryl methyl sites for hydroxylation is 2. The number of ether oxygens (including phenoxy) is 1. The van der Waals surface area contributed by atoms with Gasteiger partial charge in [-0.3, -0.25) is 4.79 Å². The minimum absolute atomic E-state index is 0.0827. The first kappa shape index (κ1) is 20.6. The molecule has 3 aliphatic rings. The Hall–Kier alpha value is -2.34. The minimum atomic E-state index is 0.0827. The van der Waals surface area contributed by atoms with E-state index in [1.807, 2.05) is 6.07 Å². The van der Waals surface area contributed by atoms with Crippen LogP contribution in [0.5, 0.6) is 5.75 Å². The third kappa shape index (κ3) is 4.36. The van der Waals surface area contributed by atoms with Crippen LogP contribution in [0.2, 0.25) is 0 Å². The van der Waals surface area contributed by atoms with Gasteiger partial charge in [-0.15, -0.1) is 11.8 Å². The molecule has 1 fully saturated rings. The molecule has 6 heteroatoms. The fourth-order valence-corrected chi connectivity index (χ4v) is 5.90. The average Bonchev–Trinajstić information content (AvgIpc) is 3.33. The monoisotopic (exact) mass is 435 g/mol. The molecule has 162 valence electrons. The Balaban J connectivity index is 1.46. The molecule has 2 heterocycles. The Morgan fingerprint density at radius 1 is 1.19 bits per heavy atom. The van der Waals surface area contributed by atoms with E-state index in [0.717, 1.165) is 47.7 Å². The number of amides is 1. The van der Waals surface area contributed by atoms with E-state index in [1.165, 1.54) is 37.7 Å². The number of carbonyl (C=O) groups is 1. The fourth-order valence-electron chi connectivity index (χ4n) is 4.98. The molecule has 1 aromatic heterocycles. The Kier molecular flexibility index (Phi) is 5.99. The molecule has 1 saturated carbocycles. The van der Waals surface area contributed by atoms with Gasteiger partial charge in [-0.05, 0) is 67.2 Å². The van der Waals surface area contributed by atoms with Gasteiger partial charge in [0, 0.05) is 12.0 Å². The van der Waals surface area contributed by atoms with Crippen molar-refractivity contribution in [3.05, 3.63) is 46.6 Å². The predicted molar refractivity (Wildman–Crippen MR) is 125 cm³/mol. The Bertz CT molecular complexity index is 1010. The Labute approximate surface area is 188 Å². The second-order valence-corrected chi connectivity index (χ2v) is 9.88. The summed E-state index contributed by atoms with van der Waals surface area (Å²) in [4.78, 5) is 22.9. The van der Waals surface area contributed by atoms with Crippen molar-refractivity contribution in [3.8, 4) is 17.0 Å². The van der Waals surface area contributed by atoms with E-state index in [4.69, 9.17) is 14.7 Å². The van der Waals surface area contributed by atoms with Gasteiger partial charge in [-0.2, -0.15) is 0 Å². The van der Waals surface area contributed by atoms with E-state index in [1.54, 1.807) is 18.9 Å². The first-order valence-corrected chi connectivity index (χ1v) is 12.3. The molecule has 5 rings (SSSR count). The highest BCUT2D eigenvalue weighted by Crippen LogP contribution is 2.43. The van der Waals surface area contributed by atoms with Gasteiger partial charge in [0.25, 0.3) is 0 Å². The topological polar surface area (TPSA) is 64.1 Å². The number of nitrogens with zero attached hydrogens (tertiary/aromatic N) is 2. The molecule has 0 bridgehead atoms. The number of thioether (sulfide) groups is 1. The molecule has 1 N–H and O–H groups in total. The lowest BCUT2D eigenvalue weighted by Crippen LogP contribution is -2.22. The third-order valence-electron chi connectivity index (χ3n) is 6.64. The van der Waals surface area contributed by atoms with Gasteiger partial charge in [0.05, 0.1) is 29.4 Å². The molecule has 0 spiro atoms.